The maximum atomic E-state index is 12.4. The molecule has 0 saturated heterocycles. The summed E-state index contributed by atoms with van der Waals surface area (Å²) in [6.07, 6.45) is 2.54. The van der Waals surface area contributed by atoms with E-state index in [-0.39, 0.29) is 5.91 Å². The third-order valence-electron chi connectivity index (χ3n) is 4.82. The van der Waals surface area contributed by atoms with E-state index < -0.39 is 0 Å². The monoisotopic (exact) mass is 387 g/mol. The average Bonchev–Trinajstić information content (AvgIpc) is 3.31. The molecule has 1 amide bonds. The average molecular weight is 387 g/mol. The van der Waals surface area contributed by atoms with Crippen LogP contribution >= 0.6 is 11.3 Å². The molecule has 0 unspecified atom stereocenters. The molecule has 0 bridgehead atoms. The van der Waals surface area contributed by atoms with Crippen molar-refractivity contribution in [3.05, 3.63) is 71.5 Å². The van der Waals surface area contributed by atoms with Crippen molar-refractivity contribution in [2.24, 2.45) is 0 Å². The maximum Gasteiger partial charge on any atom is 0.257 e. The van der Waals surface area contributed by atoms with Crippen LogP contribution in [-0.4, -0.2) is 27.4 Å². The lowest BCUT2D eigenvalue weighted by Gasteiger charge is -2.18. The van der Waals surface area contributed by atoms with E-state index in [9.17, 15) is 4.79 Å². The van der Waals surface area contributed by atoms with Gasteiger partial charge in [-0.25, -0.2) is 15.0 Å². The summed E-state index contributed by atoms with van der Waals surface area (Å²) in [4.78, 5) is 28.9. The first kappa shape index (κ1) is 16.8. The lowest BCUT2D eigenvalue weighted by atomic mass is 10.1. The van der Waals surface area contributed by atoms with E-state index in [1.54, 1.807) is 18.5 Å². The highest BCUT2D eigenvalue weighted by Crippen LogP contribution is 2.38. The Morgan fingerprint density at radius 3 is 2.86 bits per heavy atom. The van der Waals surface area contributed by atoms with Crippen LogP contribution in [-0.2, 0) is 6.42 Å². The van der Waals surface area contributed by atoms with Crippen LogP contribution in [0.25, 0.3) is 10.3 Å². The predicted molar refractivity (Wildman–Crippen MR) is 111 cm³/mol. The number of amides is 1. The number of fused-ring (bicyclic) bond motifs is 2. The molecule has 5 rings (SSSR count). The molecular weight excluding hydrogens is 370 g/mol. The van der Waals surface area contributed by atoms with E-state index in [1.807, 2.05) is 18.2 Å². The summed E-state index contributed by atoms with van der Waals surface area (Å²) in [5, 5.41) is 3.40. The molecule has 28 heavy (non-hydrogen) atoms. The Morgan fingerprint density at radius 1 is 1.14 bits per heavy atom. The van der Waals surface area contributed by atoms with Gasteiger partial charge in [0.1, 0.15) is 11.8 Å². The summed E-state index contributed by atoms with van der Waals surface area (Å²) in [7, 11) is 0. The van der Waals surface area contributed by atoms with Crippen LogP contribution in [0.5, 0.6) is 0 Å². The number of nitrogens with zero attached hydrogens (tertiary/aromatic N) is 4. The first-order valence-corrected chi connectivity index (χ1v) is 9.86. The molecule has 2 aromatic heterocycles. The van der Waals surface area contributed by atoms with Crippen LogP contribution in [0.1, 0.15) is 21.5 Å². The highest BCUT2D eigenvalue weighted by Gasteiger charge is 2.25. The molecule has 0 spiro atoms. The summed E-state index contributed by atoms with van der Waals surface area (Å²) in [6, 6.07) is 15.6. The van der Waals surface area contributed by atoms with Crippen LogP contribution in [0.4, 0.5) is 16.6 Å². The Hall–Kier alpha value is -3.32. The van der Waals surface area contributed by atoms with Gasteiger partial charge in [-0.15, -0.1) is 0 Å². The van der Waals surface area contributed by atoms with Gasteiger partial charge in [-0.3, -0.25) is 10.1 Å². The van der Waals surface area contributed by atoms with E-state index in [4.69, 9.17) is 0 Å². The van der Waals surface area contributed by atoms with Gasteiger partial charge in [-0.05, 0) is 37.1 Å². The molecule has 138 valence electrons. The van der Waals surface area contributed by atoms with Crippen molar-refractivity contribution >= 4 is 44.2 Å². The zero-order chi connectivity index (χ0) is 19.1. The van der Waals surface area contributed by atoms with Crippen molar-refractivity contribution in [1.82, 2.24) is 15.0 Å². The number of aromatic nitrogens is 3. The van der Waals surface area contributed by atoms with Gasteiger partial charge in [0.25, 0.3) is 5.91 Å². The van der Waals surface area contributed by atoms with Crippen molar-refractivity contribution in [3.8, 4) is 0 Å². The van der Waals surface area contributed by atoms with Crippen LogP contribution in [0.3, 0.4) is 0 Å². The topological polar surface area (TPSA) is 71.0 Å². The molecule has 6 nitrogen and oxygen atoms in total. The van der Waals surface area contributed by atoms with E-state index in [2.05, 4.69) is 50.3 Å². The highest BCUT2D eigenvalue weighted by atomic mass is 32.1. The maximum absolute atomic E-state index is 12.4. The van der Waals surface area contributed by atoms with Gasteiger partial charge in [0.15, 0.2) is 15.8 Å². The van der Waals surface area contributed by atoms with Gasteiger partial charge in [0, 0.05) is 17.8 Å². The Balaban J connectivity index is 1.50. The van der Waals surface area contributed by atoms with Crippen molar-refractivity contribution in [3.63, 3.8) is 0 Å². The second kappa shape index (κ2) is 6.69. The highest BCUT2D eigenvalue weighted by molar-refractivity contribution is 7.22. The van der Waals surface area contributed by atoms with Crippen molar-refractivity contribution < 1.29 is 4.79 Å². The zero-order valence-corrected chi connectivity index (χ0v) is 16.0. The zero-order valence-electron chi connectivity index (χ0n) is 15.2. The molecule has 4 aromatic rings. The van der Waals surface area contributed by atoms with E-state index in [1.165, 1.54) is 22.5 Å². The first-order chi connectivity index (χ1) is 13.7. The fourth-order valence-electron chi connectivity index (χ4n) is 3.50. The van der Waals surface area contributed by atoms with Gasteiger partial charge in [-0.1, -0.05) is 47.2 Å². The first-order valence-electron chi connectivity index (χ1n) is 9.04. The fourth-order valence-corrected chi connectivity index (χ4v) is 4.30. The minimum absolute atomic E-state index is 0.184. The van der Waals surface area contributed by atoms with Crippen LogP contribution in [0.2, 0.25) is 0 Å². The second-order valence-electron chi connectivity index (χ2n) is 6.72. The SMILES string of the molecule is Cc1ccc2c(c1)CCN2c1ncnc2sc(NC(=O)c3ccccc3)nc12. The number of anilines is 3. The summed E-state index contributed by atoms with van der Waals surface area (Å²) < 4.78 is 0. The number of carbonyl (C=O) groups is 1. The molecule has 0 radical (unpaired) electrons. The minimum Gasteiger partial charge on any atom is -0.324 e. The lowest BCUT2D eigenvalue weighted by molar-refractivity contribution is 0.102. The van der Waals surface area contributed by atoms with Crippen LogP contribution < -0.4 is 10.2 Å². The number of nitrogens with one attached hydrogen (secondary N) is 1. The summed E-state index contributed by atoms with van der Waals surface area (Å²) in [5.74, 6) is 0.597. The normalized spacial score (nSPS) is 13.0. The molecule has 2 aromatic carbocycles. The Bertz CT molecular complexity index is 1190. The van der Waals surface area contributed by atoms with Gasteiger partial charge in [0.05, 0.1) is 0 Å². The summed E-state index contributed by atoms with van der Waals surface area (Å²) >= 11 is 1.36. The smallest absolute Gasteiger partial charge is 0.257 e. The number of benzene rings is 2. The molecule has 1 aliphatic heterocycles. The van der Waals surface area contributed by atoms with E-state index >= 15 is 0 Å². The van der Waals surface area contributed by atoms with Gasteiger partial charge < -0.3 is 4.90 Å². The number of hydrogen-bond acceptors (Lipinski definition) is 6. The lowest BCUT2D eigenvalue weighted by Crippen LogP contribution is -2.15. The van der Waals surface area contributed by atoms with Crippen LogP contribution in [0, 0.1) is 6.92 Å². The largest absolute Gasteiger partial charge is 0.324 e. The van der Waals surface area contributed by atoms with E-state index in [0.717, 1.165) is 29.3 Å². The minimum atomic E-state index is -0.184. The molecular formula is C21H17N5OS. The summed E-state index contributed by atoms with van der Waals surface area (Å²) in [5.41, 5.74) is 5.04. The Kier molecular flexibility index (Phi) is 4.02. The van der Waals surface area contributed by atoms with Crippen molar-refractivity contribution in [2.75, 3.05) is 16.8 Å². The molecule has 0 fully saturated rings. The molecule has 7 heteroatoms. The number of hydrogen-bond donors (Lipinski definition) is 1. The molecule has 0 atom stereocenters. The third-order valence-corrected chi connectivity index (χ3v) is 5.70. The number of thiazole rings is 1. The van der Waals surface area contributed by atoms with Gasteiger partial charge >= 0.3 is 0 Å². The molecule has 3 heterocycles. The van der Waals surface area contributed by atoms with Gasteiger partial charge in [0.2, 0.25) is 0 Å². The van der Waals surface area contributed by atoms with Crippen molar-refractivity contribution in [2.45, 2.75) is 13.3 Å². The second-order valence-corrected chi connectivity index (χ2v) is 7.70. The number of aryl methyl sites for hydroxylation is 1. The Morgan fingerprint density at radius 2 is 2.00 bits per heavy atom. The molecule has 1 N–H and O–H groups in total. The number of carbonyl (C=O) groups excluding carboxylic acids is 1. The fraction of sp³-hybridized carbons (Fsp3) is 0.143. The molecule has 1 aliphatic rings. The predicted octanol–water partition coefficient (Wildman–Crippen LogP) is 4.34. The molecule has 0 saturated carbocycles. The quantitative estimate of drug-likeness (QED) is 0.566. The van der Waals surface area contributed by atoms with E-state index in [0.29, 0.717) is 16.2 Å². The number of rotatable bonds is 3. The van der Waals surface area contributed by atoms with Crippen LogP contribution in [0.15, 0.2) is 54.9 Å². The van der Waals surface area contributed by atoms with Crippen molar-refractivity contribution in [1.29, 1.82) is 0 Å². The Labute approximate surface area is 165 Å². The van der Waals surface area contributed by atoms with Gasteiger partial charge in [-0.2, -0.15) is 0 Å². The third kappa shape index (κ3) is 2.90. The standard InChI is InChI=1S/C21H17N5OS/c1-13-7-8-16-15(11-13)9-10-26(16)18-17-20(23-12-22-18)28-21(24-17)25-19(27)14-5-3-2-4-6-14/h2-8,11-12H,9-10H2,1H3,(H,24,25,27). The molecule has 0 aliphatic carbocycles. The summed E-state index contributed by atoms with van der Waals surface area (Å²) in [6.45, 7) is 2.96.